The Labute approximate surface area is 101 Å². The molecule has 6 nitrogen and oxygen atoms in total. The number of piperidine rings is 1. The Bertz CT molecular complexity index is 375. The molecule has 1 aromatic rings. The first kappa shape index (κ1) is 11.1. The molecule has 1 saturated carbocycles. The first-order chi connectivity index (χ1) is 8.22. The number of tetrazole rings is 1. The summed E-state index contributed by atoms with van der Waals surface area (Å²) in [6, 6.07) is 0.847. The molecule has 94 valence electrons. The molecule has 1 aromatic heterocycles. The second-order valence-corrected chi connectivity index (χ2v) is 5.57. The zero-order chi connectivity index (χ0) is 11.8. The summed E-state index contributed by atoms with van der Waals surface area (Å²) in [6.45, 7) is 5.16. The Balaban J connectivity index is 1.67. The normalized spacial score (nSPS) is 30.7. The minimum atomic E-state index is 0.295. The minimum absolute atomic E-state index is 0.295. The van der Waals surface area contributed by atoms with Gasteiger partial charge in [-0.2, -0.15) is 0 Å². The third kappa shape index (κ3) is 2.47. The van der Waals surface area contributed by atoms with E-state index in [1.165, 1.54) is 12.8 Å². The van der Waals surface area contributed by atoms with E-state index in [1.807, 2.05) is 4.68 Å². The number of hydrogen-bond donors (Lipinski definition) is 1. The summed E-state index contributed by atoms with van der Waals surface area (Å²) in [5, 5.41) is 12.0. The van der Waals surface area contributed by atoms with Gasteiger partial charge in [0.15, 0.2) is 5.82 Å². The molecular weight excluding hydrogens is 216 g/mol. The third-order valence-corrected chi connectivity index (χ3v) is 3.59. The number of nitrogens with zero attached hydrogens (tertiary/aromatic N) is 5. The molecule has 6 heteroatoms. The molecule has 2 N–H and O–H groups in total. The number of rotatable bonds is 3. The van der Waals surface area contributed by atoms with Crippen LogP contribution in [-0.4, -0.2) is 44.2 Å². The Morgan fingerprint density at radius 2 is 2.18 bits per heavy atom. The summed E-state index contributed by atoms with van der Waals surface area (Å²) in [6.07, 6.45) is 3.56. The van der Waals surface area contributed by atoms with Crippen LogP contribution < -0.4 is 5.73 Å². The van der Waals surface area contributed by atoms with E-state index in [0.717, 1.165) is 31.9 Å². The van der Waals surface area contributed by atoms with Gasteiger partial charge in [0.25, 0.3) is 0 Å². The average Bonchev–Trinajstić information content (AvgIpc) is 2.99. The van der Waals surface area contributed by atoms with E-state index in [9.17, 15) is 0 Å². The topological polar surface area (TPSA) is 72.9 Å². The summed E-state index contributed by atoms with van der Waals surface area (Å²) in [7, 11) is 0. The molecule has 17 heavy (non-hydrogen) atoms. The molecule has 2 atom stereocenters. The van der Waals surface area contributed by atoms with Gasteiger partial charge in [-0.25, -0.2) is 4.68 Å². The molecular formula is C11H20N6. The van der Waals surface area contributed by atoms with Crippen molar-refractivity contribution in [2.75, 3.05) is 13.1 Å². The zero-order valence-electron chi connectivity index (χ0n) is 10.3. The van der Waals surface area contributed by atoms with Crippen LogP contribution in [0.25, 0.3) is 0 Å². The standard InChI is InChI=1S/C11H20N6/c1-8-4-9(12)6-16(5-8)7-11-13-14-15-17(11)10-2-3-10/h8-10H,2-7,12H2,1H3. The van der Waals surface area contributed by atoms with Crippen molar-refractivity contribution in [1.29, 1.82) is 0 Å². The van der Waals surface area contributed by atoms with Crippen molar-refractivity contribution in [3.05, 3.63) is 5.82 Å². The van der Waals surface area contributed by atoms with Crippen LogP contribution in [0.5, 0.6) is 0 Å². The lowest BCUT2D eigenvalue weighted by atomic mass is 9.97. The maximum absolute atomic E-state index is 6.05. The quantitative estimate of drug-likeness (QED) is 0.810. The lowest BCUT2D eigenvalue weighted by molar-refractivity contribution is 0.153. The van der Waals surface area contributed by atoms with Crippen molar-refractivity contribution in [1.82, 2.24) is 25.1 Å². The SMILES string of the molecule is CC1CC(N)CN(Cc2nnnn2C2CC2)C1. The van der Waals surface area contributed by atoms with E-state index >= 15 is 0 Å². The maximum Gasteiger partial charge on any atom is 0.165 e. The van der Waals surface area contributed by atoms with Crippen molar-refractivity contribution in [2.45, 2.75) is 44.8 Å². The number of hydrogen-bond acceptors (Lipinski definition) is 5. The highest BCUT2D eigenvalue weighted by molar-refractivity contribution is 4.92. The van der Waals surface area contributed by atoms with Crippen LogP contribution in [0, 0.1) is 5.92 Å². The van der Waals surface area contributed by atoms with Gasteiger partial charge in [-0.15, -0.1) is 5.10 Å². The maximum atomic E-state index is 6.05. The highest BCUT2D eigenvalue weighted by atomic mass is 15.6. The molecule has 0 aromatic carbocycles. The molecule has 1 saturated heterocycles. The number of nitrogens with two attached hydrogens (primary N) is 1. The van der Waals surface area contributed by atoms with Crippen molar-refractivity contribution < 1.29 is 0 Å². The number of likely N-dealkylation sites (tertiary alicyclic amines) is 1. The summed E-state index contributed by atoms with van der Waals surface area (Å²) in [5.74, 6) is 1.66. The average molecular weight is 236 g/mol. The first-order valence-corrected chi connectivity index (χ1v) is 6.47. The Kier molecular flexibility index (Phi) is 2.84. The molecule has 2 heterocycles. The molecule has 0 amide bonds. The lowest BCUT2D eigenvalue weighted by Gasteiger charge is -2.34. The van der Waals surface area contributed by atoms with Crippen LogP contribution in [0.3, 0.4) is 0 Å². The predicted octanol–water partition coefficient (Wildman–Crippen LogP) is 0.177. The van der Waals surface area contributed by atoms with Crippen molar-refractivity contribution in [2.24, 2.45) is 11.7 Å². The Morgan fingerprint density at radius 1 is 1.35 bits per heavy atom. The van der Waals surface area contributed by atoms with E-state index < -0.39 is 0 Å². The summed E-state index contributed by atoms with van der Waals surface area (Å²) < 4.78 is 1.99. The fraction of sp³-hybridized carbons (Fsp3) is 0.909. The van der Waals surface area contributed by atoms with Crippen molar-refractivity contribution in [3.8, 4) is 0 Å². The van der Waals surface area contributed by atoms with Crippen molar-refractivity contribution in [3.63, 3.8) is 0 Å². The van der Waals surface area contributed by atoms with Crippen LogP contribution in [0.2, 0.25) is 0 Å². The van der Waals surface area contributed by atoms with Gasteiger partial charge in [0.2, 0.25) is 0 Å². The third-order valence-electron chi connectivity index (χ3n) is 3.59. The summed E-state index contributed by atoms with van der Waals surface area (Å²) in [4.78, 5) is 2.38. The fourth-order valence-corrected chi connectivity index (χ4v) is 2.76. The van der Waals surface area contributed by atoms with Crippen LogP contribution in [-0.2, 0) is 6.54 Å². The van der Waals surface area contributed by atoms with Gasteiger partial charge in [0, 0.05) is 19.1 Å². The monoisotopic (exact) mass is 236 g/mol. The molecule has 2 unspecified atom stereocenters. The van der Waals surface area contributed by atoms with Gasteiger partial charge in [0.05, 0.1) is 12.6 Å². The van der Waals surface area contributed by atoms with Crippen LogP contribution in [0.1, 0.15) is 38.1 Å². The second-order valence-electron chi connectivity index (χ2n) is 5.57. The molecule has 1 aliphatic heterocycles. The molecule has 2 fully saturated rings. The molecule has 2 aliphatic rings. The molecule has 0 bridgehead atoms. The smallest absolute Gasteiger partial charge is 0.165 e. The van der Waals surface area contributed by atoms with Crippen LogP contribution >= 0.6 is 0 Å². The number of aromatic nitrogens is 4. The zero-order valence-corrected chi connectivity index (χ0v) is 10.3. The van der Waals surface area contributed by atoms with Gasteiger partial charge in [-0.3, -0.25) is 4.90 Å². The summed E-state index contributed by atoms with van der Waals surface area (Å²) in [5.41, 5.74) is 6.05. The lowest BCUT2D eigenvalue weighted by Crippen LogP contribution is -2.46. The van der Waals surface area contributed by atoms with Gasteiger partial charge in [0.1, 0.15) is 0 Å². The molecule has 0 spiro atoms. The van der Waals surface area contributed by atoms with E-state index in [4.69, 9.17) is 5.73 Å². The van der Waals surface area contributed by atoms with E-state index in [1.54, 1.807) is 0 Å². The van der Waals surface area contributed by atoms with Gasteiger partial charge in [-0.05, 0) is 35.6 Å². The fourth-order valence-electron chi connectivity index (χ4n) is 2.76. The van der Waals surface area contributed by atoms with Gasteiger partial charge >= 0.3 is 0 Å². The Morgan fingerprint density at radius 3 is 2.88 bits per heavy atom. The van der Waals surface area contributed by atoms with Gasteiger partial charge in [-0.1, -0.05) is 6.92 Å². The van der Waals surface area contributed by atoms with Crippen LogP contribution in [0.15, 0.2) is 0 Å². The van der Waals surface area contributed by atoms with Crippen LogP contribution in [0.4, 0.5) is 0 Å². The van der Waals surface area contributed by atoms with Gasteiger partial charge < -0.3 is 5.73 Å². The highest BCUT2D eigenvalue weighted by Crippen LogP contribution is 2.34. The molecule has 0 radical (unpaired) electrons. The largest absolute Gasteiger partial charge is 0.327 e. The van der Waals surface area contributed by atoms with E-state index in [-0.39, 0.29) is 0 Å². The van der Waals surface area contributed by atoms with E-state index in [0.29, 0.717) is 18.0 Å². The first-order valence-electron chi connectivity index (χ1n) is 6.47. The highest BCUT2D eigenvalue weighted by Gasteiger charge is 2.29. The predicted molar refractivity (Wildman–Crippen MR) is 63.1 cm³/mol. The Hall–Kier alpha value is -1.01. The second kappa shape index (κ2) is 4.34. The molecule has 3 rings (SSSR count). The van der Waals surface area contributed by atoms with Crippen molar-refractivity contribution >= 4 is 0 Å². The minimum Gasteiger partial charge on any atom is -0.327 e. The molecule has 1 aliphatic carbocycles. The van der Waals surface area contributed by atoms with E-state index in [2.05, 4.69) is 27.3 Å². The summed E-state index contributed by atoms with van der Waals surface area (Å²) >= 11 is 0.